The van der Waals surface area contributed by atoms with Gasteiger partial charge >= 0.3 is 0 Å². The molecule has 1 rings (SSSR count). The van der Waals surface area contributed by atoms with Crippen LogP contribution >= 0.6 is 15.9 Å². The molecule has 3 nitrogen and oxygen atoms in total. The molecular formula is C11H14BrFO3S. The summed E-state index contributed by atoms with van der Waals surface area (Å²) in [6.45, 7) is 1.84. The molecule has 0 aromatic heterocycles. The molecule has 96 valence electrons. The van der Waals surface area contributed by atoms with Gasteiger partial charge in [0.15, 0.2) is 9.84 Å². The standard InChI is InChI=1S/C11H14BrFO3S/c1-2-6-17(14,15)7-5-16-11-8-9(13)3-4-10(11)12/h3-4,8H,2,5-7H2,1H3. The van der Waals surface area contributed by atoms with Crippen LogP contribution in [0.25, 0.3) is 0 Å². The fraction of sp³-hybridized carbons (Fsp3) is 0.455. The molecule has 0 spiro atoms. The third-order valence-corrected chi connectivity index (χ3v) is 4.53. The van der Waals surface area contributed by atoms with Crippen molar-refractivity contribution in [1.82, 2.24) is 0 Å². The molecule has 0 unspecified atom stereocenters. The van der Waals surface area contributed by atoms with E-state index >= 15 is 0 Å². The Morgan fingerprint density at radius 1 is 1.35 bits per heavy atom. The lowest BCUT2D eigenvalue weighted by atomic mass is 10.3. The van der Waals surface area contributed by atoms with Crippen molar-refractivity contribution in [3.05, 3.63) is 28.5 Å². The van der Waals surface area contributed by atoms with Gasteiger partial charge in [-0.1, -0.05) is 6.92 Å². The summed E-state index contributed by atoms with van der Waals surface area (Å²) in [5, 5.41) is 0. The quantitative estimate of drug-likeness (QED) is 0.808. The minimum Gasteiger partial charge on any atom is -0.491 e. The maximum atomic E-state index is 12.9. The summed E-state index contributed by atoms with van der Waals surface area (Å²) in [7, 11) is -3.06. The molecule has 0 radical (unpaired) electrons. The Labute approximate surface area is 109 Å². The molecule has 0 aliphatic carbocycles. The second-order valence-corrected chi connectivity index (χ2v) is 6.73. The van der Waals surface area contributed by atoms with E-state index < -0.39 is 15.7 Å². The third kappa shape index (κ3) is 5.04. The van der Waals surface area contributed by atoms with Crippen LogP contribution in [0.5, 0.6) is 5.75 Å². The molecule has 6 heteroatoms. The fourth-order valence-electron chi connectivity index (χ4n) is 1.28. The SMILES string of the molecule is CCCS(=O)(=O)CCOc1cc(F)ccc1Br. The molecule has 1 aromatic carbocycles. The van der Waals surface area contributed by atoms with Gasteiger partial charge in [0, 0.05) is 6.07 Å². The minimum absolute atomic E-state index is 0.0321. The molecule has 0 saturated heterocycles. The van der Waals surface area contributed by atoms with Crippen LogP contribution < -0.4 is 4.74 Å². The van der Waals surface area contributed by atoms with E-state index in [0.29, 0.717) is 16.6 Å². The van der Waals surface area contributed by atoms with Crippen LogP contribution in [0, 0.1) is 5.82 Å². The van der Waals surface area contributed by atoms with Crippen molar-refractivity contribution in [2.45, 2.75) is 13.3 Å². The summed E-state index contributed by atoms with van der Waals surface area (Å²) in [6, 6.07) is 4.03. The second-order valence-electron chi connectivity index (χ2n) is 3.58. The Morgan fingerprint density at radius 2 is 2.06 bits per heavy atom. The van der Waals surface area contributed by atoms with Crippen molar-refractivity contribution in [2.75, 3.05) is 18.1 Å². The van der Waals surface area contributed by atoms with Crippen LogP contribution in [-0.4, -0.2) is 26.5 Å². The fourth-order valence-corrected chi connectivity index (χ4v) is 2.80. The Hall–Kier alpha value is -0.620. The van der Waals surface area contributed by atoms with E-state index in [0.717, 1.165) is 0 Å². The number of benzene rings is 1. The molecule has 0 atom stereocenters. The first kappa shape index (κ1) is 14.4. The molecule has 0 heterocycles. The topological polar surface area (TPSA) is 43.4 Å². The van der Waals surface area contributed by atoms with E-state index in [4.69, 9.17) is 4.74 Å². The van der Waals surface area contributed by atoms with Gasteiger partial charge in [-0.3, -0.25) is 0 Å². The number of sulfone groups is 1. The van der Waals surface area contributed by atoms with Gasteiger partial charge in [-0.15, -0.1) is 0 Å². The van der Waals surface area contributed by atoms with Crippen LogP contribution in [0.15, 0.2) is 22.7 Å². The molecular weight excluding hydrogens is 311 g/mol. The van der Waals surface area contributed by atoms with Crippen LogP contribution in [0.3, 0.4) is 0 Å². The lowest BCUT2D eigenvalue weighted by Crippen LogP contribution is -2.16. The van der Waals surface area contributed by atoms with Crippen LogP contribution in [0.1, 0.15) is 13.3 Å². The van der Waals surface area contributed by atoms with Gasteiger partial charge in [0.2, 0.25) is 0 Å². The lowest BCUT2D eigenvalue weighted by Gasteiger charge is -2.08. The molecule has 17 heavy (non-hydrogen) atoms. The van der Waals surface area contributed by atoms with Gasteiger partial charge in [-0.05, 0) is 34.5 Å². The van der Waals surface area contributed by atoms with E-state index in [9.17, 15) is 12.8 Å². The molecule has 0 amide bonds. The van der Waals surface area contributed by atoms with E-state index in [1.807, 2.05) is 6.92 Å². The minimum atomic E-state index is -3.06. The number of ether oxygens (including phenoxy) is 1. The van der Waals surface area contributed by atoms with Crippen LogP contribution in [0.4, 0.5) is 4.39 Å². The molecule has 1 aromatic rings. The Bertz CT molecular complexity index is 474. The van der Waals surface area contributed by atoms with Crippen molar-refractivity contribution in [3.63, 3.8) is 0 Å². The van der Waals surface area contributed by atoms with E-state index in [1.54, 1.807) is 0 Å². The predicted octanol–water partition coefficient (Wildman–Crippen LogP) is 2.79. The first-order valence-corrected chi connectivity index (χ1v) is 7.84. The normalized spacial score (nSPS) is 11.5. The first-order chi connectivity index (χ1) is 7.94. The molecule has 0 fully saturated rings. The van der Waals surface area contributed by atoms with E-state index in [2.05, 4.69) is 15.9 Å². The van der Waals surface area contributed by atoms with Crippen LogP contribution in [-0.2, 0) is 9.84 Å². The largest absolute Gasteiger partial charge is 0.491 e. The van der Waals surface area contributed by atoms with Gasteiger partial charge in [0.25, 0.3) is 0 Å². The number of hydrogen-bond acceptors (Lipinski definition) is 3. The predicted molar refractivity (Wildman–Crippen MR) is 68.5 cm³/mol. The molecule has 0 aliphatic rings. The van der Waals surface area contributed by atoms with Crippen molar-refractivity contribution >= 4 is 25.8 Å². The van der Waals surface area contributed by atoms with Crippen molar-refractivity contribution in [1.29, 1.82) is 0 Å². The molecule has 0 saturated carbocycles. The highest BCUT2D eigenvalue weighted by atomic mass is 79.9. The monoisotopic (exact) mass is 324 g/mol. The molecule has 0 N–H and O–H groups in total. The van der Waals surface area contributed by atoms with Crippen molar-refractivity contribution in [3.8, 4) is 5.75 Å². The van der Waals surface area contributed by atoms with Gasteiger partial charge in [-0.2, -0.15) is 0 Å². The average molecular weight is 325 g/mol. The zero-order valence-corrected chi connectivity index (χ0v) is 11.9. The smallest absolute Gasteiger partial charge is 0.153 e. The van der Waals surface area contributed by atoms with Gasteiger partial charge in [0.05, 0.1) is 16.0 Å². The lowest BCUT2D eigenvalue weighted by molar-refractivity contribution is 0.336. The van der Waals surface area contributed by atoms with Gasteiger partial charge < -0.3 is 4.74 Å². The van der Waals surface area contributed by atoms with Crippen molar-refractivity contribution in [2.24, 2.45) is 0 Å². The summed E-state index contributed by atoms with van der Waals surface area (Å²) >= 11 is 3.20. The second kappa shape index (κ2) is 6.35. The van der Waals surface area contributed by atoms with Crippen LogP contribution in [0.2, 0.25) is 0 Å². The van der Waals surface area contributed by atoms with Crippen molar-refractivity contribution < 1.29 is 17.5 Å². The zero-order chi connectivity index (χ0) is 12.9. The highest BCUT2D eigenvalue weighted by Crippen LogP contribution is 2.25. The third-order valence-electron chi connectivity index (χ3n) is 2.06. The van der Waals surface area contributed by atoms with Gasteiger partial charge in [0.1, 0.15) is 18.2 Å². The highest BCUT2D eigenvalue weighted by Gasteiger charge is 2.10. The maximum Gasteiger partial charge on any atom is 0.153 e. The van der Waals surface area contributed by atoms with Gasteiger partial charge in [-0.25, -0.2) is 12.8 Å². The average Bonchev–Trinajstić information content (AvgIpc) is 2.23. The summed E-state index contributed by atoms with van der Waals surface area (Å²) in [4.78, 5) is 0. The summed E-state index contributed by atoms with van der Waals surface area (Å²) in [6.07, 6.45) is 0.589. The summed E-state index contributed by atoms with van der Waals surface area (Å²) < 4.78 is 41.6. The number of hydrogen-bond donors (Lipinski definition) is 0. The zero-order valence-electron chi connectivity index (χ0n) is 9.45. The highest BCUT2D eigenvalue weighted by molar-refractivity contribution is 9.10. The summed E-state index contributed by atoms with van der Waals surface area (Å²) in [5.41, 5.74) is 0. The number of rotatable bonds is 6. The summed E-state index contributed by atoms with van der Waals surface area (Å²) in [5.74, 6) is 0.00103. The first-order valence-electron chi connectivity index (χ1n) is 5.23. The Kier molecular flexibility index (Phi) is 5.39. The van der Waals surface area contributed by atoms with E-state index in [-0.39, 0.29) is 18.1 Å². The molecule has 0 aliphatic heterocycles. The molecule has 0 bridgehead atoms. The Balaban J connectivity index is 2.54. The maximum absolute atomic E-state index is 12.9. The Morgan fingerprint density at radius 3 is 2.71 bits per heavy atom. The van der Waals surface area contributed by atoms with E-state index in [1.165, 1.54) is 18.2 Å². The number of halogens is 2.